The average molecular weight is 354 g/mol. The second-order valence-electron chi connectivity index (χ2n) is 6.16. The Morgan fingerprint density at radius 1 is 1.04 bits per heavy atom. The summed E-state index contributed by atoms with van der Waals surface area (Å²) in [4.78, 5) is 24.6. The Hall–Kier alpha value is -2.82. The minimum Gasteiger partial charge on any atom is -0.484 e. The number of rotatable bonds is 8. The van der Waals surface area contributed by atoms with Crippen molar-refractivity contribution in [1.29, 1.82) is 0 Å². The first kappa shape index (κ1) is 19.5. The van der Waals surface area contributed by atoms with Gasteiger partial charge in [-0.3, -0.25) is 9.59 Å². The van der Waals surface area contributed by atoms with E-state index in [1.165, 1.54) is 5.56 Å². The molecule has 138 valence electrons. The van der Waals surface area contributed by atoms with E-state index in [9.17, 15) is 9.59 Å². The first-order chi connectivity index (χ1) is 12.5. The summed E-state index contributed by atoms with van der Waals surface area (Å²) >= 11 is 0. The SMILES string of the molecule is CCc1ccc(OCC(=O)Nc2ccccc2C(=O)N[C@@H](C)CC)cc1. The molecule has 0 aliphatic rings. The topological polar surface area (TPSA) is 67.4 Å². The molecule has 0 heterocycles. The second-order valence-corrected chi connectivity index (χ2v) is 6.16. The second kappa shape index (κ2) is 9.61. The molecule has 0 unspecified atom stereocenters. The summed E-state index contributed by atoms with van der Waals surface area (Å²) in [7, 11) is 0. The summed E-state index contributed by atoms with van der Waals surface area (Å²) in [6.07, 6.45) is 1.79. The maximum absolute atomic E-state index is 12.4. The third-order valence-electron chi connectivity index (χ3n) is 4.14. The molecule has 5 heteroatoms. The van der Waals surface area contributed by atoms with E-state index in [1.54, 1.807) is 24.3 Å². The Bertz CT molecular complexity index is 741. The lowest BCUT2D eigenvalue weighted by molar-refractivity contribution is -0.118. The molecular formula is C21H26N2O3. The summed E-state index contributed by atoms with van der Waals surface area (Å²) in [5.74, 6) is 0.125. The Balaban J connectivity index is 1.96. The molecule has 26 heavy (non-hydrogen) atoms. The Morgan fingerprint density at radius 2 is 1.73 bits per heavy atom. The van der Waals surface area contributed by atoms with Gasteiger partial charge in [0.15, 0.2) is 6.61 Å². The lowest BCUT2D eigenvalue weighted by Crippen LogP contribution is -2.33. The van der Waals surface area contributed by atoms with Crippen molar-refractivity contribution in [2.45, 2.75) is 39.7 Å². The lowest BCUT2D eigenvalue weighted by atomic mass is 10.1. The van der Waals surface area contributed by atoms with E-state index < -0.39 is 0 Å². The summed E-state index contributed by atoms with van der Waals surface area (Å²) in [5.41, 5.74) is 2.12. The van der Waals surface area contributed by atoms with Crippen LogP contribution in [-0.4, -0.2) is 24.5 Å². The van der Waals surface area contributed by atoms with Crippen molar-refractivity contribution in [1.82, 2.24) is 5.32 Å². The molecule has 0 aliphatic heterocycles. The van der Waals surface area contributed by atoms with E-state index in [2.05, 4.69) is 17.6 Å². The third kappa shape index (κ3) is 5.62. The molecule has 0 saturated heterocycles. The van der Waals surface area contributed by atoms with Crippen LogP contribution in [-0.2, 0) is 11.2 Å². The zero-order valence-corrected chi connectivity index (χ0v) is 15.5. The van der Waals surface area contributed by atoms with Gasteiger partial charge in [-0.2, -0.15) is 0 Å². The number of carbonyl (C=O) groups excluding carboxylic acids is 2. The Morgan fingerprint density at radius 3 is 2.38 bits per heavy atom. The van der Waals surface area contributed by atoms with Crippen LogP contribution in [0.3, 0.4) is 0 Å². The first-order valence-electron chi connectivity index (χ1n) is 8.95. The molecule has 2 amide bonds. The van der Waals surface area contributed by atoms with Crippen molar-refractivity contribution in [2.24, 2.45) is 0 Å². The van der Waals surface area contributed by atoms with Crippen LogP contribution in [0.15, 0.2) is 48.5 Å². The highest BCUT2D eigenvalue weighted by Gasteiger charge is 2.14. The standard InChI is InChI=1S/C21H26N2O3/c1-4-15(3)22-21(25)18-8-6-7-9-19(18)23-20(24)14-26-17-12-10-16(5-2)11-13-17/h6-13,15H,4-5,14H2,1-3H3,(H,22,25)(H,23,24)/t15-/m0/s1. The fourth-order valence-electron chi connectivity index (χ4n) is 2.35. The molecule has 2 N–H and O–H groups in total. The molecule has 2 aromatic carbocycles. The van der Waals surface area contributed by atoms with Crippen LogP contribution in [0.1, 0.15) is 43.1 Å². The van der Waals surface area contributed by atoms with Gasteiger partial charge in [0.05, 0.1) is 11.3 Å². The van der Waals surface area contributed by atoms with Gasteiger partial charge in [0, 0.05) is 6.04 Å². The van der Waals surface area contributed by atoms with E-state index in [1.807, 2.05) is 38.1 Å². The number of anilines is 1. The van der Waals surface area contributed by atoms with E-state index in [-0.39, 0.29) is 24.5 Å². The van der Waals surface area contributed by atoms with Gasteiger partial charge < -0.3 is 15.4 Å². The lowest BCUT2D eigenvalue weighted by Gasteiger charge is -2.15. The first-order valence-corrected chi connectivity index (χ1v) is 8.95. The van der Waals surface area contributed by atoms with Gasteiger partial charge in [-0.05, 0) is 49.6 Å². The number of hydrogen-bond acceptors (Lipinski definition) is 3. The van der Waals surface area contributed by atoms with Crippen LogP contribution in [0.2, 0.25) is 0 Å². The monoisotopic (exact) mass is 354 g/mol. The van der Waals surface area contributed by atoms with Crippen LogP contribution in [0.25, 0.3) is 0 Å². The van der Waals surface area contributed by atoms with Gasteiger partial charge in [0.1, 0.15) is 5.75 Å². The molecule has 0 fully saturated rings. The fourth-order valence-corrected chi connectivity index (χ4v) is 2.35. The minimum atomic E-state index is -0.312. The van der Waals surface area contributed by atoms with E-state index in [0.717, 1.165) is 12.8 Å². The van der Waals surface area contributed by atoms with E-state index in [4.69, 9.17) is 4.74 Å². The highest BCUT2D eigenvalue weighted by Crippen LogP contribution is 2.16. The number of carbonyl (C=O) groups is 2. The predicted molar refractivity (Wildman–Crippen MR) is 104 cm³/mol. The zero-order valence-electron chi connectivity index (χ0n) is 15.5. The van der Waals surface area contributed by atoms with Gasteiger partial charge in [-0.15, -0.1) is 0 Å². The van der Waals surface area contributed by atoms with Crippen molar-refractivity contribution < 1.29 is 14.3 Å². The van der Waals surface area contributed by atoms with Crippen molar-refractivity contribution in [3.63, 3.8) is 0 Å². The number of nitrogens with one attached hydrogen (secondary N) is 2. The number of para-hydroxylation sites is 1. The van der Waals surface area contributed by atoms with Crippen LogP contribution < -0.4 is 15.4 Å². The molecule has 0 bridgehead atoms. The maximum atomic E-state index is 12.4. The number of amides is 2. The fraction of sp³-hybridized carbons (Fsp3) is 0.333. The molecule has 1 atom stereocenters. The largest absolute Gasteiger partial charge is 0.484 e. The van der Waals surface area contributed by atoms with Gasteiger partial charge in [0.2, 0.25) is 0 Å². The van der Waals surface area contributed by atoms with Crippen LogP contribution in [0.4, 0.5) is 5.69 Å². The summed E-state index contributed by atoms with van der Waals surface area (Å²) in [5, 5.41) is 5.66. The van der Waals surface area contributed by atoms with Gasteiger partial charge in [0.25, 0.3) is 11.8 Å². The van der Waals surface area contributed by atoms with Gasteiger partial charge in [-0.25, -0.2) is 0 Å². The highest BCUT2D eigenvalue weighted by atomic mass is 16.5. The molecule has 0 aromatic heterocycles. The van der Waals surface area contributed by atoms with Gasteiger partial charge >= 0.3 is 0 Å². The van der Waals surface area contributed by atoms with E-state index >= 15 is 0 Å². The van der Waals surface area contributed by atoms with Crippen LogP contribution in [0, 0.1) is 0 Å². The normalized spacial score (nSPS) is 11.5. The zero-order chi connectivity index (χ0) is 18.9. The molecule has 5 nitrogen and oxygen atoms in total. The average Bonchev–Trinajstić information content (AvgIpc) is 2.67. The van der Waals surface area contributed by atoms with Gasteiger partial charge in [-0.1, -0.05) is 38.1 Å². The van der Waals surface area contributed by atoms with Crippen molar-refractivity contribution in [2.75, 3.05) is 11.9 Å². The summed E-state index contributed by atoms with van der Waals surface area (Å²) in [6.45, 7) is 5.91. The summed E-state index contributed by atoms with van der Waals surface area (Å²) in [6, 6.07) is 14.7. The minimum absolute atomic E-state index is 0.0701. The Kier molecular flexibility index (Phi) is 7.21. The highest BCUT2D eigenvalue weighted by molar-refractivity contribution is 6.04. The maximum Gasteiger partial charge on any atom is 0.262 e. The summed E-state index contributed by atoms with van der Waals surface area (Å²) < 4.78 is 5.51. The number of aryl methyl sites for hydroxylation is 1. The number of ether oxygens (including phenoxy) is 1. The van der Waals surface area contributed by atoms with Crippen molar-refractivity contribution in [3.05, 3.63) is 59.7 Å². The molecular weight excluding hydrogens is 328 g/mol. The van der Waals surface area contributed by atoms with E-state index in [0.29, 0.717) is 17.0 Å². The number of hydrogen-bond donors (Lipinski definition) is 2. The molecule has 0 spiro atoms. The predicted octanol–water partition coefficient (Wildman–Crippen LogP) is 3.79. The molecule has 2 aromatic rings. The van der Waals surface area contributed by atoms with Crippen molar-refractivity contribution in [3.8, 4) is 5.75 Å². The molecule has 2 rings (SSSR count). The molecule has 0 radical (unpaired) electrons. The number of benzene rings is 2. The molecule has 0 saturated carbocycles. The molecule has 0 aliphatic carbocycles. The Labute approximate surface area is 154 Å². The van der Waals surface area contributed by atoms with Crippen LogP contribution >= 0.6 is 0 Å². The van der Waals surface area contributed by atoms with Crippen LogP contribution in [0.5, 0.6) is 5.75 Å². The quantitative estimate of drug-likeness (QED) is 0.758. The van der Waals surface area contributed by atoms with Crippen molar-refractivity contribution >= 4 is 17.5 Å². The smallest absolute Gasteiger partial charge is 0.262 e. The third-order valence-corrected chi connectivity index (χ3v) is 4.14.